The minimum Gasteiger partial charge on any atom is -0.493 e. The summed E-state index contributed by atoms with van der Waals surface area (Å²) in [5, 5.41) is 12.2. The fourth-order valence-electron chi connectivity index (χ4n) is 2.82. The van der Waals surface area contributed by atoms with Crippen LogP contribution in [-0.2, 0) is 6.42 Å². The Kier molecular flexibility index (Phi) is 4.97. The lowest BCUT2D eigenvalue weighted by molar-refractivity contribution is 0.262. The Labute approximate surface area is 141 Å². The second kappa shape index (κ2) is 7.51. The Morgan fingerprint density at radius 2 is 2.17 bits per heavy atom. The minimum atomic E-state index is 0.126. The molecular weight excluding hydrogens is 300 g/mol. The van der Waals surface area contributed by atoms with E-state index in [0.29, 0.717) is 24.7 Å². The van der Waals surface area contributed by atoms with Crippen LogP contribution in [0.1, 0.15) is 29.2 Å². The molecule has 1 aliphatic heterocycles. The summed E-state index contributed by atoms with van der Waals surface area (Å²) in [6, 6.07) is 17.8. The van der Waals surface area contributed by atoms with Crippen molar-refractivity contribution in [2.45, 2.75) is 18.9 Å². The summed E-state index contributed by atoms with van der Waals surface area (Å²) in [4.78, 5) is 4.40. The zero-order valence-corrected chi connectivity index (χ0v) is 13.4. The van der Waals surface area contributed by atoms with Crippen molar-refractivity contribution in [1.29, 1.82) is 5.26 Å². The predicted molar refractivity (Wildman–Crippen MR) is 93.8 cm³/mol. The largest absolute Gasteiger partial charge is 0.493 e. The zero-order chi connectivity index (χ0) is 16.8. The highest BCUT2D eigenvalue weighted by Crippen LogP contribution is 2.31. The van der Waals surface area contributed by atoms with E-state index in [4.69, 9.17) is 15.7 Å². The summed E-state index contributed by atoms with van der Waals surface area (Å²) in [5.41, 5.74) is 8.90. The molecule has 1 aliphatic rings. The van der Waals surface area contributed by atoms with E-state index in [9.17, 15) is 0 Å². The summed E-state index contributed by atoms with van der Waals surface area (Å²) >= 11 is 0. The highest BCUT2D eigenvalue weighted by Gasteiger charge is 2.21. The Morgan fingerprint density at radius 1 is 1.29 bits per heavy atom. The number of nitriles is 1. The van der Waals surface area contributed by atoms with Crippen molar-refractivity contribution >= 4 is 5.96 Å². The maximum Gasteiger partial charge on any atom is 0.189 e. The lowest BCUT2D eigenvalue weighted by atomic mass is 10.0. The molecule has 2 aromatic rings. The summed E-state index contributed by atoms with van der Waals surface area (Å²) in [5.74, 6) is 1.34. The highest BCUT2D eigenvalue weighted by molar-refractivity contribution is 5.78. The first kappa shape index (κ1) is 15.9. The monoisotopic (exact) mass is 320 g/mol. The van der Waals surface area contributed by atoms with Crippen molar-refractivity contribution in [3.63, 3.8) is 0 Å². The molecule has 1 heterocycles. The Morgan fingerprint density at radius 3 is 3.04 bits per heavy atom. The average Bonchev–Trinajstić information content (AvgIpc) is 2.62. The molecule has 0 radical (unpaired) electrons. The van der Waals surface area contributed by atoms with Gasteiger partial charge in [-0.3, -0.25) is 4.99 Å². The van der Waals surface area contributed by atoms with Gasteiger partial charge in [-0.05, 0) is 30.2 Å². The van der Waals surface area contributed by atoms with Crippen molar-refractivity contribution < 1.29 is 4.74 Å². The Hall–Kier alpha value is -3.00. The molecule has 0 bridgehead atoms. The van der Waals surface area contributed by atoms with Gasteiger partial charge in [-0.1, -0.05) is 30.3 Å². The number of hydrogen-bond acceptors (Lipinski definition) is 3. The number of rotatable bonds is 4. The molecule has 0 aliphatic carbocycles. The number of nitrogens with two attached hydrogens (primary N) is 1. The number of fused-ring (bicyclic) bond motifs is 1. The molecule has 0 spiro atoms. The number of guanidine groups is 1. The van der Waals surface area contributed by atoms with Crippen LogP contribution in [0.25, 0.3) is 0 Å². The molecule has 0 amide bonds. The molecule has 2 aromatic carbocycles. The number of hydrogen-bond donors (Lipinski definition) is 2. The van der Waals surface area contributed by atoms with Crippen LogP contribution < -0.4 is 15.8 Å². The third-order valence-electron chi connectivity index (χ3n) is 4.02. The highest BCUT2D eigenvalue weighted by atomic mass is 16.5. The summed E-state index contributed by atoms with van der Waals surface area (Å²) in [7, 11) is 0. The number of aliphatic imine (C=N–C) groups is 1. The molecule has 3 N–H and O–H groups in total. The second-order valence-corrected chi connectivity index (χ2v) is 5.70. The molecule has 5 nitrogen and oxygen atoms in total. The molecule has 5 heteroatoms. The average molecular weight is 320 g/mol. The first-order valence-corrected chi connectivity index (χ1v) is 8.03. The maximum absolute atomic E-state index is 8.92. The summed E-state index contributed by atoms with van der Waals surface area (Å²) in [6.45, 7) is 1.25. The van der Waals surface area contributed by atoms with Gasteiger partial charge in [0.25, 0.3) is 0 Å². The molecule has 0 aromatic heterocycles. The van der Waals surface area contributed by atoms with E-state index < -0.39 is 0 Å². The number of benzene rings is 2. The fraction of sp³-hybridized carbons (Fsp3) is 0.263. The van der Waals surface area contributed by atoms with Gasteiger partial charge in [-0.15, -0.1) is 0 Å². The van der Waals surface area contributed by atoms with Crippen LogP contribution in [0.2, 0.25) is 0 Å². The van der Waals surface area contributed by atoms with Crippen molar-refractivity contribution in [3.05, 3.63) is 65.2 Å². The van der Waals surface area contributed by atoms with Gasteiger partial charge in [0.1, 0.15) is 5.75 Å². The van der Waals surface area contributed by atoms with Gasteiger partial charge in [-0.2, -0.15) is 5.26 Å². The number of para-hydroxylation sites is 1. The van der Waals surface area contributed by atoms with Crippen LogP contribution in [-0.4, -0.2) is 19.1 Å². The van der Waals surface area contributed by atoms with Crippen LogP contribution in [0.5, 0.6) is 5.75 Å². The molecule has 3 rings (SSSR count). The van der Waals surface area contributed by atoms with Crippen molar-refractivity contribution in [3.8, 4) is 11.8 Å². The normalized spacial score (nSPS) is 16.6. The minimum absolute atomic E-state index is 0.126. The Bertz CT molecular complexity index is 779. The third-order valence-corrected chi connectivity index (χ3v) is 4.02. The topological polar surface area (TPSA) is 83.4 Å². The summed E-state index contributed by atoms with van der Waals surface area (Å²) in [6.07, 6.45) is 1.61. The molecule has 122 valence electrons. The molecule has 1 unspecified atom stereocenters. The van der Waals surface area contributed by atoms with Gasteiger partial charge < -0.3 is 15.8 Å². The summed E-state index contributed by atoms with van der Waals surface area (Å²) < 4.78 is 5.65. The molecule has 0 saturated heterocycles. The van der Waals surface area contributed by atoms with E-state index in [2.05, 4.69) is 16.4 Å². The van der Waals surface area contributed by atoms with E-state index in [-0.39, 0.29) is 6.04 Å². The molecule has 1 atom stereocenters. The molecule has 0 saturated carbocycles. The zero-order valence-electron chi connectivity index (χ0n) is 13.4. The van der Waals surface area contributed by atoms with E-state index in [0.717, 1.165) is 29.7 Å². The van der Waals surface area contributed by atoms with Gasteiger partial charge in [-0.25, -0.2) is 0 Å². The van der Waals surface area contributed by atoms with Crippen LogP contribution in [0, 0.1) is 11.3 Å². The lowest BCUT2D eigenvalue weighted by Crippen LogP contribution is -2.37. The molecule has 0 fully saturated rings. The van der Waals surface area contributed by atoms with E-state index in [1.165, 1.54) is 0 Å². The van der Waals surface area contributed by atoms with Gasteiger partial charge in [0.05, 0.1) is 24.3 Å². The van der Waals surface area contributed by atoms with Gasteiger partial charge in [0, 0.05) is 18.5 Å². The van der Waals surface area contributed by atoms with E-state index in [1.54, 1.807) is 6.07 Å². The smallest absolute Gasteiger partial charge is 0.189 e. The third kappa shape index (κ3) is 3.85. The van der Waals surface area contributed by atoms with E-state index >= 15 is 0 Å². The molecule has 24 heavy (non-hydrogen) atoms. The number of nitrogens with one attached hydrogen (secondary N) is 1. The van der Waals surface area contributed by atoms with Gasteiger partial charge in [0.2, 0.25) is 0 Å². The second-order valence-electron chi connectivity index (χ2n) is 5.70. The number of nitrogens with zero attached hydrogens (tertiary/aromatic N) is 2. The SMILES string of the molecule is N#Cc1cccc(CCN=C(N)NC2CCOc3ccccc32)c1. The van der Waals surface area contributed by atoms with Crippen LogP contribution in [0.3, 0.4) is 0 Å². The van der Waals surface area contributed by atoms with Crippen LogP contribution >= 0.6 is 0 Å². The first-order chi connectivity index (χ1) is 11.8. The number of ether oxygens (including phenoxy) is 1. The van der Waals surface area contributed by atoms with Crippen LogP contribution in [0.4, 0.5) is 0 Å². The van der Waals surface area contributed by atoms with Gasteiger partial charge >= 0.3 is 0 Å². The maximum atomic E-state index is 8.92. The fourth-order valence-corrected chi connectivity index (χ4v) is 2.82. The standard InChI is InChI=1S/C19H20N4O/c20-13-15-5-3-4-14(12-15)8-10-22-19(21)23-17-9-11-24-18-7-2-1-6-16(17)18/h1-7,12,17H,8-11H2,(H3,21,22,23). The van der Waals surface area contributed by atoms with E-state index in [1.807, 2.05) is 42.5 Å². The first-order valence-electron chi connectivity index (χ1n) is 8.03. The van der Waals surface area contributed by atoms with Crippen molar-refractivity contribution in [2.75, 3.05) is 13.2 Å². The molecular formula is C19H20N4O. The predicted octanol–water partition coefficient (Wildman–Crippen LogP) is 2.53. The van der Waals surface area contributed by atoms with Crippen molar-refractivity contribution in [1.82, 2.24) is 5.32 Å². The van der Waals surface area contributed by atoms with Crippen molar-refractivity contribution in [2.24, 2.45) is 10.7 Å². The Balaban J connectivity index is 1.58. The lowest BCUT2D eigenvalue weighted by Gasteiger charge is -2.26. The quantitative estimate of drug-likeness (QED) is 0.670. The van der Waals surface area contributed by atoms with Crippen LogP contribution in [0.15, 0.2) is 53.5 Å². The van der Waals surface area contributed by atoms with Gasteiger partial charge in [0.15, 0.2) is 5.96 Å².